The number of ether oxygens (including phenoxy) is 2. The lowest BCUT2D eigenvalue weighted by Crippen LogP contribution is -2.60. The number of carbonyl (C=O) groups is 5. The van der Waals surface area contributed by atoms with Gasteiger partial charge in [-0.05, 0) is 63.5 Å². The highest BCUT2D eigenvalue weighted by Gasteiger charge is 2.62. The smallest absolute Gasteiger partial charge is 0.414 e. The summed E-state index contributed by atoms with van der Waals surface area (Å²) < 4.78 is 38.6. The van der Waals surface area contributed by atoms with Crippen molar-refractivity contribution in [1.82, 2.24) is 20.3 Å². The van der Waals surface area contributed by atoms with Crippen LogP contribution in [0.15, 0.2) is 36.9 Å². The van der Waals surface area contributed by atoms with Crippen LogP contribution in [0.2, 0.25) is 0 Å². The first kappa shape index (κ1) is 36.1. The number of anilines is 1. The van der Waals surface area contributed by atoms with Gasteiger partial charge in [0.15, 0.2) is 0 Å². The Kier molecular flexibility index (Phi) is 9.56. The fourth-order valence-electron chi connectivity index (χ4n) is 6.37. The Balaban J connectivity index is 1.39. The van der Waals surface area contributed by atoms with Crippen LogP contribution >= 0.6 is 0 Å². The lowest BCUT2D eigenvalue weighted by molar-refractivity contribution is -0.143. The van der Waals surface area contributed by atoms with Gasteiger partial charge in [-0.1, -0.05) is 45.0 Å². The van der Waals surface area contributed by atoms with E-state index in [0.717, 1.165) is 11.3 Å². The van der Waals surface area contributed by atoms with Gasteiger partial charge in [0.1, 0.15) is 29.3 Å². The van der Waals surface area contributed by atoms with Gasteiger partial charge < -0.3 is 25.0 Å². The molecule has 5 rings (SSSR count). The molecule has 4 aliphatic rings. The van der Waals surface area contributed by atoms with Gasteiger partial charge in [0.25, 0.3) is 5.91 Å². The average molecular weight is 702 g/mol. The normalized spacial score (nSPS) is 25.5. The van der Waals surface area contributed by atoms with Gasteiger partial charge in [-0.15, -0.1) is 6.58 Å². The van der Waals surface area contributed by atoms with Crippen LogP contribution in [0.4, 0.5) is 15.3 Å². The van der Waals surface area contributed by atoms with Crippen LogP contribution < -0.4 is 20.3 Å². The van der Waals surface area contributed by atoms with Crippen LogP contribution in [0.3, 0.4) is 0 Å². The van der Waals surface area contributed by atoms with E-state index in [1.165, 1.54) is 15.9 Å². The molecule has 15 heteroatoms. The first-order chi connectivity index (χ1) is 22.8. The molecule has 2 aliphatic carbocycles. The van der Waals surface area contributed by atoms with Crippen LogP contribution in [0.25, 0.3) is 0 Å². The lowest BCUT2D eigenvalue weighted by atomic mass is 9.85. The maximum Gasteiger partial charge on any atom is 0.414 e. The summed E-state index contributed by atoms with van der Waals surface area (Å²) in [7, 11) is -3.91. The standard InChI is InChI=1S/C34H47N5O9S/c1-8-21-18-34(21,29(42)37-49(45,46)23-13-14-23)36-27(40)25-17-22(47-31(44)38-16-15-20-11-9-10-12-24(20)38)19-39(25)28(41)26(32(2,3)4)35-30(43)48-33(5,6)7/h8-12,21-23,25-26H,1,13-19H2,2-7H3,(H,35,43)(H,36,40)(H,37,42)/t21?,22-,25-,26-,34?/m1/s1. The van der Waals surface area contributed by atoms with Gasteiger partial charge in [0, 0.05) is 18.9 Å². The van der Waals surface area contributed by atoms with Crippen molar-refractivity contribution in [2.45, 2.75) is 108 Å². The first-order valence-corrected chi connectivity index (χ1v) is 18.2. The molecule has 5 amide bonds. The lowest BCUT2D eigenvalue weighted by Gasteiger charge is -2.36. The van der Waals surface area contributed by atoms with Gasteiger partial charge in [-0.2, -0.15) is 0 Å². The molecule has 14 nitrogen and oxygen atoms in total. The Morgan fingerprint density at radius 1 is 1.06 bits per heavy atom. The van der Waals surface area contributed by atoms with E-state index >= 15 is 0 Å². The predicted molar refractivity (Wildman–Crippen MR) is 180 cm³/mol. The van der Waals surface area contributed by atoms with E-state index < -0.39 is 85.8 Å². The van der Waals surface area contributed by atoms with Crippen LogP contribution in [0, 0.1) is 11.3 Å². The minimum Gasteiger partial charge on any atom is -0.444 e. The first-order valence-electron chi connectivity index (χ1n) is 16.6. The summed E-state index contributed by atoms with van der Waals surface area (Å²) >= 11 is 0. The van der Waals surface area contributed by atoms with E-state index in [9.17, 15) is 32.4 Å². The number of likely N-dealkylation sites (tertiary alicyclic amines) is 1. The molecule has 0 radical (unpaired) electrons. The van der Waals surface area contributed by atoms with Crippen molar-refractivity contribution >= 4 is 45.6 Å². The third kappa shape index (κ3) is 7.86. The fraction of sp³-hybridized carbons (Fsp3) is 0.618. The summed E-state index contributed by atoms with van der Waals surface area (Å²) in [6.07, 6.45) is 0.680. The molecule has 2 heterocycles. The van der Waals surface area contributed by atoms with Crippen molar-refractivity contribution in [3.63, 3.8) is 0 Å². The number of benzene rings is 1. The number of carbonyl (C=O) groups excluding carboxylic acids is 5. The van der Waals surface area contributed by atoms with Crippen LogP contribution in [0.5, 0.6) is 0 Å². The molecule has 49 heavy (non-hydrogen) atoms. The molecule has 1 aromatic rings. The maximum absolute atomic E-state index is 14.3. The zero-order valence-electron chi connectivity index (χ0n) is 28.9. The molecule has 5 atom stereocenters. The number of sulfonamides is 1. The van der Waals surface area contributed by atoms with Crippen molar-refractivity contribution in [2.24, 2.45) is 11.3 Å². The summed E-state index contributed by atoms with van der Waals surface area (Å²) in [5.74, 6) is -2.76. The fourth-order valence-corrected chi connectivity index (χ4v) is 7.73. The van der Waals surface area contributed by atoms with Crippen LogP contribution in [-0.2, 0) is 40.3 Å². The summed E-state index contributed by atoms with van der Waals surface area (Å²) in [4.78, 5) is 70.8. The topological polar surface area (TPSA) is 181 Å². The molecule has 1 saturated heterocycles. The highest BCUT2D eigenvalue weighted by atomic mass is 32.2. The van der Waals surface area contributed by atoms with Gasteiger partial charge in [-0.25, -0.2) is 18.0 Å². The zero-order chi connectivity index (χ0) is 36.1. The van der Waals surface area contributed by atoms with Crippen molar-refractivity contribution in [3.8, 4) is 0 Å². The van der Waals surface area contributed by atoms with E-state index in [-0.39, 0.29) is 19.4 Å². The Bertz CT molecular complexity index is 1650. The second-order valence-electron chi connectivity index (χ2n) is 15.4. The molecular weight excluding hydrogens is 654 g/mol. The van der Waals surface area contributed by atoms with Crippen molar-refractivity contribution in [2.75, 3.05) is 18.0 Å². The van der Waals surface area contributed by atoms with Gasteiger partial charge in [0.2, 0.25) is 21.8 Å². The molecule has 0 spiro atoms. The number of nitrogens with one attached hydrogen (secondary N) is 3. The van der Waals surface area contributed by atoms with Crippen molar-refractivity contribution in [1.29, 1.82) is 0 Å². The average Bonchev–Trinajstić information content (AvgIpc) is 3.89. The van der Waals surface area contributed by atoms with Gasteiger partial charge in [0.05, 0.1) is 17.5 Å². The molecule has 1 aromatic carbocycles. The Morgan fingerprint density at radius 3 is 2.33 bits per heavy atom. The number of amides is 5. The maximum atomic E-state index is 14.3. The number of rotatable bonds is 9. The van der Waals surface area contributed by atoms with Gasteiger partial charge in [-0.3, -0.25) is 24.0 Å². The SMILES string of the molecule is C=CC1CC1(NC(=O)[C@H]1C[C@@H](OC(=O)N2CCc3ccccc32)CN1C(=O)[C@@H](NC(=O)OC(C)(C)C)C(C)(C)C)C(=O)NS(=O)(=O)C1CC1. The van der Waals surface area contributed by atoms with E-state index in [0.29, 0.717) is 25.8 Å². The minimum atomic E-state index is -3.91. The van der Waals surface area contributed by atoms with Crippen molar-refractivity contribution < 1.29 is 41.9 Å². The quantitative estimate of drug-likeness (QED) is 0.327. The number of hydrogen-bond acceptors (Lipinski definition) is 9. The highest BCUT2D eigenvalue weighted by Crippen LogP contribution is 2.45. The number of hydrogen-bond donors (Lipinski definition) is 3. The van der Waals surface area contributed by atoms with Gasteiger partial charge >= 0.3 is 12.2 Å². The van der Waals surface area contributed by atoms with E-state index in [4.69, 9.17) is 9.47 Å². The van der Waals surface area contributed by atoms with Crippen molar-refractivity contribution in [3.05, 3.63) is 42.5 Å². The molecule has 0 aromatic heterocycles. The number of alkyl carbamates (subject to hydrolysis) is 1. The zero-order valence-corrected chi connectivity index (χ0v) is 29.7. The summed E-state index contributed by atoms with van der Waals surface area (Å²) in [5, 5.41) is 4.72. The molecule has 2 saturated carbocycles. The predicted octanol–water partition coefficient (Wildman–Crippen LogP) is 2.76. The summed E-state index contributed by atoms with van der Waals surface area (Å²) in [5.41, 5.74) is -1.55. The molecule has 0 bridgehead atoms. The summed E-state index contributed by atoms with van der Waals surface area (Å²) in [6.45, 7) is 14.3. The molecule has 268 valence electrons. The largest absolute Gasteiger partial charge is 0.444 e. The second kappa shape index (κ2) is 13.0. The van der Waals surface area contributed by atoms with E-state index in [1.807, 2.05) is 24.3 Å². The third-order valence-corrected chi connectivity index (χ3v) is 11.1. The molecule has 3 N–H and O–H groups in total. The molecule has 2 unspecified atom stereocenters. The number of fused-ring (bicyclic) bond motifs is 1. The number of nitrogens with zero attached hydrogens (tertiary/aromatic N) is 2. The van der Waals surface area contributed by atoms with E-state index in [1.54, 1.807) is 41.5 Å². The second-order valence-corrected chi connectivity index (χ2v) is 17.4. The molecular formula is C34H47N5O9S. The van der Waals surface area contributed by atoms with Crippen LogP contribution in [0.1, 0.15) is 72.8 Å². The van der Waals surface area contributed by atoms with E-state index in [2.05, 4.69) is 21.9 Å². The Morgan fingerprint density at radius 2 is 1.73 bits per heavy atom. The summed E-state index contributed by atoms with van der Waals surface area (Å²) in [6, 6.07) is 5.08. The number of para-hydroxylation sites is 1. The molecule has 3 fully saturated rings. The minimum absolute atomic E-state index is 0.0983. The highest BCUT2D eigenvalue weighted by molar-refractivity contribution is 7.91. The third-order valence-electron chi connectivity index (χ3n) is 9.25. The monoisotopic (exact) mass is 701 g/mol. The Labute approximate surface area is 287 Å². The van der Waals surface area contributed by atoms with Crippen LogP contribution in [-0.4, -0.2) is 90.9 Å². The molecule has 2 aliphatic heterocycles. The Hall–Kier alpha value is -4.14.